The smallest absolute Gasteiger partial charge is 1.00 e. The molecule has 3 heteroatoms. The second-order valence-electron chi connectivity index (χ2n) is 1.49. The van der Waals surface area contributed by atoms with Crippen LogP contribution in [0.4, 0.5) is 0 Å². The minimum Gasteiger partial charge on any atom is -1.00 e. The van der Waals surface area contributed by atoms with Gasteiger partial charge >= 0.3 is 41.9 Å². The van der Waals surface area contributed by atoms with Crippen molar-refractivity contribution in [3.05, 3.63) is 42.8 Å². The van der Waals surface area contributed by atoms with Crippen molar-refractivity contribution in [1.82, 2.24) is 0 Å². The summed E-state index contributed by atoms with van der Waals surface area (Å²) in [5.74, 6) is 0. The fourth-order valence-electron chi connectivity index (χ4n) is 0.478. The Bertz CT molecular complexity index is 148. The Balaban J connectivity index is -0.0000000612. The van der Waals surface area contributed by atoms with Gasteiger partial charge in [-0.3, -0.25) is 0 Å². The zero-order valence-corrected chi connectivity index (χ0v) is 8.35. The van der Waals surface area contributed by atoms with Crippen molar-refractivity contribution < 1.29 is 32.7 Å². The molecule has 0 nitrogen and oxygen atoms in total. The molecule has 1 aromatic rings. The molecular weight excluding hydrogens is 151 g/mol. The van der Waals surface area contributed by atoms with Crippen LogP contribution in [0, 0.1) is 6.92 Å². The van der Waals surface area contributed by atoms with Gasteiger partial charge < -0.3 is 13.8 Å². The van der Waals surface area contributed by atoms with Gasteiger partial charge in [-0.1, -0.05) is 6.07 Å². The summed E-state index contributed by atoms with van der Waals surface area (Å²) < 4.78 is 0. The monoisotopic (exact) mass is 158 g/mol. The molecule has 0 aliphatic rings. The molecule has 0 spiro atoms. The fraction of sp³-hybridized carbons (Fsp3) is 0. The van der Waals surface area contributed by atoms with Crippen molar-refractivity contribution in [1.29, 1.82) is 0 Å². The summed E-state index contributed by atoms with van der Waals surface area (Å²) in [4.78, 5) is 0. The molecule has 0 aliphatic heterocycles. The van der Waals surface area contributed by atoms with Gasteiger partial charge in [0.25, 0.3) is 0 Å². The number of halogens is 1. The second kappa shape index (κ2) is 9.74. The predicted octanol–water partition coefficient (Wildman–Crippen LogP) is -4.39. The molecule has 1 rings (SSSR count). The third-order valence-corrected chi connectivity index (χ3v) is 0.843. The Labute approximate surface area is 98.0 Å². The van der Waals surface area contributed by atoms with Crippen molar-refractivity contribution in [3.63, 3.8) is 0 Å². The third-order valence-electron chi connectivity index (χ3n) is 0.843. The molecule has 0 radical (unpaired) electrons. The van der Waals surface area contributed by atoms with Crippen molar-refractivity contribution in [3.8, 4) is 0 Å². The van der Waals surface area contributed by atoms with Crippen molar-refractivity contribution in [2.75, 3.05) is 0 Å². The van der Waals surface area contributed by atoms with Gasteiger partial charge in [-0.2, -0.15) is 24.6 Å². The van der Waals surface area contributed by atoms with Gasteiger partial charge in [0.2, 0.25) is 0 Å². The maximum Gasteiger partial charge on any atom is 2.00 e. The average molecular weight is 159 g/mol. The standard InChI is InChI=1S/C7H7.ClH.Li.Mg.H/c1-7-5-3-2-4-6-7;;;;/h2-6H,1H2;1H;;;/q-1;;+1;+2;-1/p-1. The molecule has 1 aromatic carbocycles. The van der Waals surface area contributed by atoms with E-state index in [9.17, 15) is 0 Å². The van der Waals surface area contributed by atoms with Crippen LogP contribution >= 0.6 is 0 Å². The maximum atomic E-state index is 3.72. The van der Waals surface area contributed by atoms with Crippen molar-refractivity contribution >= 4 is 23.1 Å². The number of hydrogen-bond donors (Lipinski definition) is 0. The molecule has 46 valence electrons. The fourth-order valence-corrected chi connectivity index (χ4v) is 0.478. The molecule has 0 atom stereocenters. The summed E-state index contributed by atoms with van der Waals surface area (Å²) in [6.07, 6.45) is 0. The largest absolute Gasteiger partial charge is 2.00 e. The van der Waals surface area contributed by atoms with Gasteiger partial charge in [0.15, 0.2) is 0 Å². The van der Waals surface area contributed by atoms with E-state index in [4.69, 9.17) is 0 Å². The van der Waals surface area contributed by atoms with E-state index < -0.39 is 0 Å². The molecule has 0 aromatic heterocycles. The Kier molecular flexibility index (Phi) is 16.6. The minimum absolute atomic E-state index is 0. The zero-order chi connectivity index (χ0) is 5.11. The first kappa shape index (κ1) is 17.0. The van der Waals surface area contributed by atoms with Gasteiger partial charge in [-0.05, 0) is 0 Å². The molecule has 0 bridgehead atoms. The Hall–Kier alpha value is 0.744. The van der Waals surface area contributed by atoms with Crippen LogP contribution in [0.1, 0.15) is 6.99 Å². The normalized spacial score (nSPS) is 6.00. The number of benzene rings is 1. The Morgan fingerprint density at radius 3 is 1.70 bits per heavy atom. The van der Waals surface area contributed by atoms with E-state index in [1.807, 2.05) is 30.3 Å². The quantitative estimate of drug-likeness (QED) is 0.265. The van der Waals surface area contributed by atoms with Crippen molar-refractivity contribution in [2.45, 2.75) is 0 Å². The SMILES string of the molecule is [CH2-]c1ccccc1.[Cl-].[H-].[Li+].[Mg+2]. The van der Waals surface area contributed by atoms with Crippen molar-refractivity contribution in [2.24, 2.45) is 0 Å². The molecule has 0 N–H and O–H groups in total. The summed E-state index contributed by atoms with van der Waals surface area (Å²) in [6, 6.07) is 9.87. The molecular formula is C7H8ClLiMg. The molecule has 10 heavy (non-hydrogen) atoms. The molecule has 0 heterocycles. The molecule has 0 aliphatic carbocycles. The third kappa shape index (κ3) is 6.86. The number of rotatable bonds is 0. The van der Waals surface area contributed by atoms with E-state index in [0.717, 1.165) is 5.56 Å². The van der Waals surface area contributed by atoms with Crippen LogP contribution in [0.5, 0.6) is 0 Å². The Morgan fingerprint density at radius 1 is 1.10 bits per heavy atom. The first-order valence-electron chi connectivity index (χ1n) is 2.26. The molecule has 0 unspecified atom stereocenters. The molecule has 0 saturated carbocycles. The number of hydrogen-bond acceptors (Lipinski definition) is 0. The van der Waals surface area contributed by atoms with Crippen LogP contribution in [-0.2, 0) is 0 Å². The van der Waals surface area contributed by atoms with Gasteiger partial charge in [0.1, 0.15) is 0 Å². The van der Waals surface area contributed by atoms with E-state index in [-0.39, 0.29) is 55.7 Å². The van der Waals surface area contributed by atoms with Crippen LogP contribution < -0.4 is 31.3 Å². The van der Waals surface area contributed by atoms with E-state index in [1.54, 1.807) is 0 Å². The first-order valence-corrected chi connectivity index (χ1v) is 2.26. The van der Waals surface area contributed by atoms with Gasteiger partial charge in [0.05, 0.1) is 0 Å². The topological polar surface area (TPSA) is 0 Å². The van der Waals surface area contributed by atoms with Gasteiger partial charge in [-0.15, -0.1) is 12.1 Å². The average Bonchev–Trinajstić information content (AvgIpc) is 1.69. The second-order valence-corrected chi connectivity index (χ2v) is 1.49. The summed E-state index contributed by atoms with van der Waals surface area (Å²) in [5.41, 5.74) is 1.07. The molecule has 0 fully saturated rings. The zero-order valence-electron chi connectivity index (χ0n) is 7.18. The van der Waals surface area contributed by atoms with E-state index in [1.165, 1.54) is 0 Å². The first-order chi connectivity index (χ1) is 3.39. The van der Waals surface area contributed by atoms with E-state index >= 15 is 0 Å². The summed E-state index contributed by atoms with van der Waals surface area (Å²) >= 11 is 0. The predicted molar refractivity (Wildman–Crippen MR) is 37.8 cm³/mol. The maximum absolute atomic E-state index is 3.72. The van der Waals surface area contributed by atoms with Crippen LogP contribution in [0.15, 0.2) is 30.3 Å². The molecule has 0 saturated heterocycles. The summed E-state index contributed by atoms with van der Waals surface area (Å²) in [6.45, 7) is 3.72. The van der Waals surface area contributed by atoms with E-state index in [2.05, 4.69) is 6.92 Å². The van der Waals surface area contributed by atoms with Gasteiger partial charge in [-0.25, -0.2) is 0 Å². The summed E-state index contributed by atoms with van der Waals surface area (Å²) in [5, 5.41) is 0. The Morgan fingerprint density at radius 2 is 1.50 bits per heavy atom. The van der Waals surface area contributed by atoms with Crippen LogP contribution in [0.3, 0.4) is 0 Å². The van der Waals surface area contributed by atoms with Crippen LogP contribution in [0.25, 0.3) is 0 Å². The van der Waals surface area contributed by atoms with Crippen LogP contribution in [-0.4, -0.2) is 23.1 Å². The van der Waals surface area contributed by atoms with E-state index in [0.29, 0.717) is 0 Å². The van der Waals surface area contributed by atoms with Gasteiger partial charge in [0, 0.05) is 0 Å². The summed E-state index contributed by atoms with van der Waals surface area (Å²) in [7, 11) is 0. The van der Waals surface area contributed by atoms with Crippen LogP contribution in [0.2, 0.25) is 0 Å². The minimum atomic E-state index is 0. The molecule has 0 amide bonds.